The first-order chi connectivity index (χ1) is 11.0. The Morgan fingerprint density at radius 1 is 1.22 bits per heavy atom. The van der Waals surface area contributed by atoms with E-state index in [4.69, 9.17) is 5.73 Å². The number of fused-ring (bicyclic) bond motifs is 1. The van der Waals surface area contributed by atoms with Crippen LogP contribution >= 0.6 is 0 Å². The summed E-state index contributed by atoms with van der Waals surface area (Å²) in [5.41, 5.74) is 5.68. The Labute approximate surface area is 128 Å². The normalized spacial score (nSPS) is 10.6. The lowest BCUT2D eigenvalue weighted by molar-refractivity contribution is -0.384. The summed E-state index contributed by atoms with van der Waals surface area (Å²) < 4.78 is 0. The Bertz CT molecular complexity index is 1010. The van der Waals surface area contributed by atoms with Crippen LogP contribution in [0.1, 0.15) is 16.2 Å². The summed E-state index contributed by atoms with van der Waals surface area (Å²) in [5, 5.41) is 11.0. The second kappa shape index (κ2) is 5.34. The zero-order valence-corrected chi connectivity index (χ0v) is 11.6. The zero-order valence-electron chi connectivity index (χ0n) is 11.6. The Morgan fingerprint density at radius 2 is 2.00 bits per heavy atom. The third kappa shape index (κ3) is 2.64. The molecule has 1 heterocycles. The maximum atomic E-state index is 12.4. The number of nitro groups is 1. The van der Waals surface area contributed by atoms with E-state index in [1.807, 2.05) is 0 Å². The number of nitrogens with one attached hydrogen (secondary N) is 1. The lowest BCUT2D eigenvalue weighted by Gasteiger charge is -2.03. The van der Waals surface area contributed by atoms with Crippen LogP contribution in [0.25, 0.3) is 10.9 Å². The highest BCUT2D eigenvalue weighted by Gasteiger charge is 2.16. The number of benzene rings is 2. The molecule has 0 amide bonds. The molecular formula is C15H10N4O4. The van der Waals surface area contributed by atoms with Crippen molar-refractivity contribution in [2.24, 2.45) is 0 Å². The van der Waals surface area contributed by atoms with Crippen molar-refractivity contribution in [3.63, 3.8) is 0 Å². The van der Waals surface area contributed by atoms with Gasteiger partial charge in [-0.3, -0.25) is 19.7 Å². The Morgan fingerprint density at radius 3 is 2.74 bits per heavy atom. The van der Waals surface area contributed by atoms with Crippen molar-refractivity contribution in [1.29, 1.82) is 0 Å². The monoisotopic (exact) mass is 310 g/mol. The molecule has 0 radical (unpaired) electrons. The van der Waals surface area contributed by atoms with Crippen LogP contribution in [0, 0.1) is 10.1 Å². The molecule has 3 aromatic rings. The van der Waals surface area contributed by atoms with Gasteiger partial charge in [0.1, 0.15) is 0 Å². The van der Waals surface area contributed by atoms with Crippen LogP contribution in [0.15, 0.2) is 47.3 Å². The minimum Gasteiger partial charge on any atom is -0.399 e. The number of non-ortho nitro benzene ring substituents is 1. The minimum absolute atomic E-state index is 0.0668. The van der Waals surface area contributed by atoms with Crippen LogP contribution in [0.4, 0.5) is 11.4 Å². The number of hydrogen-bond acceptors (Lipinski definition) is 6. The summed E-state index contributed by atoms with van der Waals surface area (Å²) in [6.07, 6.45) is 0. The number of hydrogen-bond donors (Lipinski definition) is 2. The lowest BCUT2D eigenvalue weighted by atomic mass is 10.1. The van der Waals surface area contributed by atoms with Gasteiger partial charge in [0, 0.05) is 23.4 Å². The molecule has 3 N–H and O–H groups in total. The van der Waals surface area contributed by atoms with E-state index in [0.29, 0.717) is 11.2 Å². The second-order valence-electron chi connectivity index (χ2n) is 4.83. The van der Waals surface area contributed by atoms with E-state index in [1.54, 1.807) is 6.07 Å². The standard InChI is InChI=1S/C15H10N4O4/c16-9-4-5-12-11(7-9)15(21)18-14(17-12)13(20)8-2-1-3-10(6-8)19(22)23/h1-7H,16H2,(H,17,18,21). The van der Waals surface area contributed by atoms with E-state index in [2.05, 4.69) is 9.97 Å². The molecule has 114 valence electrons. The van der Waals surface area contributed by atoms with E-state index in [9.17, 15) is 19.7 Å². The first-order valence-corrected chi connectivity index (χ1v) is 6.54. The molecule has 23 heavy (non-hydrogen) atoms. The molecule has 0 saturated heterocycles. The first-order valence-electron chi connectivity index (χ1n) is 6.54. The highest BCUT2D eigenvalue weighted by molar-refractivity contribution is 6.07. The quantitative estimate of drug-likeness (QED) is 0.327. The summed E-state index contributed by atoms with van der Waals surface area (Å²) in [6, 6.07) is 9.78. The molecule has 0 atom stereocenters. The van der Waals surface area contributed by atoms with Gasteiger partial charge in [-0.1, -0.05) is 12.1 Å². The second-order valence-corrected chi connectivity index (χ2v) is 4.83. The number of aromatic amines is 1. The van der Waals surface area contributed by atoms with E-state index in [-0.39, 0.29) is 22.5 Å². The van der Waals surface area contributed by atoms with Crippen LogP contribution in [0.5, 0.6) is 0 Å². The Kier molecular flexibility index (Phi) is 3.34. The van der Waals surface area contributed by atoms with Crippen LogP contribution in [-0.2, 0) is 0 Å². The maximum absolute atomic E-state index is 12.4. The number of carbonyl (C=O) groups is 1. The van der Waals surface area contributed by atoms with Gasteiger partial charge < -0.3 is 10.7 Å². The SMILES string of the molecule is Nc1ccc2nc(C(=O)c3cccc([N+](=O)[O-])c3)[nH]c(=O)c2c1. The molecule has 3 rings (SSSR count). The molecule has 0 fully saturated rings. The molecule has 0 bridgehead atoms. The summed E-state index contributed by atoms with van der Waals surface area (Å²) in [5.74, 6) is -0.794. The lowest BCUT2D eigenvalue weighted by Crippen LogP contribution is -2.17. The molecule has 1 aromatic heterocycles. The minimum atomic E-state index is -0.607. The van der Waals surface area contributed by atoms with E-state index in [0.717, 1.165) is 6.07 Å². The van der Waals surface area contributed by atoms with Gasteiger partial charge in [0.25, 0.3) is 11.2 Å². The third-order valence-corrected chi connectivity index (χ3v) is 3.26. The molecular weight excluding hydrogens is 300 g/mol. The van der Waals surface area contributed by atoms with Crippen LogP contribution < -0.4 is 11.3 Å². The summed E-state index contributed by atoms with van der Waals surface area (Å²) in [7, 11) is 0. The number of carbonyl (C=O) groups excluding carboxylic acids is 1. The van der Waals surface area contributed by atoms with Crippen molar-refractivity contribution in [3.8, 4) is 0 Å². The molecule has 0 unspecified atom stereocenters. The number of ketones is 1. The van der Waals surface area contributed by atoms with Crippen LogP contribution in [0.2, 0.25) is 0 Å². The first kappa shape index (κ1) is 14.4. The molecule has 0 aliphatic rings. The Balaban J connectivity index is 2.11. The van der Waals surface area contributed by atoms with Crippen molar-refractivity contribution in [3.05, 3.63) is 74.3 Å². The number of aromatic nitrogens is 2. The van der Waals surface area contributed by atoms with Gasteiger partial charge in [-0.15, -0.1) is 0 Å². The average molecular weight is 310 g/mol. The van der Waals surface area contributed by atoms with Crippen LogP contribution in [0.3, 0.4) is 0 Å². The molecule has 8 nitrogen and oxygen atoms in total. The number of rotatable bonds is 3. The van der Waals surface area contributed by atoms with E-state index >= 15 is 0 Å². The van der Waals surface area contributed by atoms with E-state index < -0.39 is 16.3 Å². The molecule has 0 aliphatic carbocycles. The average Bonchev–Trinajstić information content (AvgIpc) is 2.54. The smallest absolute Gasteiger partial charge is 0.270 e. The van der Waals surface area contributed by atoms with Gasteiger partial charge in [-0.05, 0) is 18.2 Å². The van der Waals surface area contributed by atoms with Crippen molar-refractivity contribution in [2.45, 2.75) is 0 Å². The van der Waals surface area contributed by atoms with Crippen LogP contribution in [-0.4, -0.2) is 20.7 Å². The third-order valence-electron chi connectivity index (χ3n) is 3.26. The molecule has 0 spiro atoms. The van der Waals surface area contributed by atoms with Gasteiger partial charge in [0.15, 0.2) is 5.82 Å². The number of anilines is 1. The van der Waals surface area contributed by atoms with Gasteiger partial charge in [-0.25, -0.2) is 4.98 Å². The van der Waals surface area contributed by atoms with Gasteiger partial charge in [0.2, 0.25) is 5.78 Å². The van der Waals surface area contributed by atoms with Crippen molar-refractivity contribution < 1.29 is 9.72 Å². The molecule has 0 saturated carbocycles. The maximum Gasteiger partial charge on any atom is 0.270 e. The Hall–Kier alpha value is -3.55. The summed E-state index contributed by atoms with van der Waals surface area (Å²) in [6.45, 7) is 0. The predicted octanol–water partition coefficient (Wildman–Crippen LogP) is 1.64. The largest absolute Gasteiger partial charge is 0.399 e. The number of nitrogen functional groups attached to an aromatic ring is 1. The molecule has 0 aliphatic heterocycles. The zero-order chi connectivity index (χ0) is 16.6. The molecule has 8 heteroatoms. The highest BCUT2D eigenvalue weighted by atomic mass is 16.6. The van der Waals surface area contributed by atoms with Crippen molar-refractivity contribution in [2.75, 3.05) is 5.73 Å². The molecule has 2 aromatic carbocycles. The number of nitrogens with two attached hydrogens (primary N) is 1. The van der Waals surface area contributed by atoms with E-state index in [1.165, 1.54) is 30.3 Å². The van der Waals surface area contributed by atoms with Gasteiger partial charge in [0.05, 0.1) is 15.8 Å². The van der Waals surface area contributed by atoms with Gasteiger partial charge in [-0.2, -0.15) is 0 Å². The number of H-pyrrole nitrogens is 1. The fraction of sp³-hybridized carbons (Fsp3) is 0. The fourth-order valence-electron chi connectivity index (χ4n) is 2.16. The van der Waals surface area contributed by atoms with Crippen molar-refractivity contribution >= 4 is 28.1 Å². The number of nitrogens with zero attached hydrogens (tertiary/aromatic N) is 2. The predicted molar refractivity (Wildman–Crippen MR) is 83.3 cm³/mol. The van der Waals surface area contributed by atoms with Crippen molar-refractivity contribution in [1.82, 2.24) is 9.97 Å². The number of nitro benzene ring substituents is 1. The summed E-state index contributed by atoms with van der Waals surface area (Å²) >= 11 is 0. The highest BCUT2D eigenvalue weighted by Crippen LogP contribution is 2.16. The summed E-state index contributed by atoms with van der Waals surface area (Å²) in [4.78, 5) is 41.1. The van der Waals surface area contributed by atoms with Gasteiger partial charge >= 0.3 is 0 Å². The fourth-order valence-corrected chi connectivity index (χ4v) is 2.16. The topological polar surface area (TPSA) is 132 Å².